The van der Waals surface area contributed by atoms with Crippen molar-refractivity contribution in [2.45, 2.75) is 19.9 Å². The summed E-state index contributed by atoms with van der Waals surface area (Å²) in [6, 6.07) is 9.63. The number of nitrogens with one attached hydrogen (secondary N) is 1. The van der Waals surface area contributed by atoms with Crippen LogP contribution in [0.25, 0.3) is 0 Å². The Morgan fingerprint density at radius 2 is 2.14 bits per heavy atom. The molecule has 0 aliphatic rings. The summed E-state index contributed by atoms with van der Waals surface area (Å²) in [7, 11) is 0. The van der Waals surface area contributed by atoms with Gasteiger partial charge in [0.15, 0.2) is 0 Å². The van der Waals surface area contributed by atoms with E-state index in [9.17, 15) is 4.79 Å². The number of aryl methyl sites for hydroxylation is 1. The molecule has 0 saturated heterocycles. The smallest absolute Gasteiger partial charge is 0.230 e. The molecule has 0 fully saturated rings. The van der Waals surface area contributed by atoms with Crippen molar-refractivity contribution in [2.75, 3.05) is 0 Å². The van der Waals surface area contributed by atoms with E-state index in [-0.39, 0.29) is 17.4 Å². The number of hydrogen-bond acceptors (Lipinski definition) is 4. The lowest BCUT2D eigenvalue weighted by Crippen LogP contribution is -2.38. The maximum absolute atomic E-state index is 12.2. The molecule has 21 heavy (non-hydrogen) atoms. The second-order valence-electron chi connectivity index (χ2n) is 4.73. The maximum Gasteiger partial charge on any atom is 0.230 e. The number of nitrogens with two attached hydrogens (primary N) is 1. The van der Waals surface area contributed by atoms with Crippen LogP contribution in [-0.4, -0.2) is 15.9 Å². The van der Waals surface area contributed by atoms with Gasteiger partial charge in [-0.2, -0.15) is 0 Å². The van der Waals surface area contributed by atoms with Crippen LogP contribution in [-0.2, 0) is 17.8 Å². The predicted octanol–water partition coefficient (Wildman–Crippen LogP) is 1.74. The molecule has 0 aliphatic heterocycles. The Hall–Kier alpha value is -2.21. The Morgan fingerprint density at radius 1 is 1.43 bits per heavy atom. The van der Waals surface area contributed by atoms with Gasteiger partial charge in [-0.15, -0.1) is 0 Å². The number of hydrogen-bond donors (Lipinski definition) is 2. The number of nitrogens with zero attached hydrogens (tertiary/aromatic N) is 1. The molecule has 1 atom stereocenters. The number of benzene rings is 1. The van der Waals surface area contributed by atoms with Crippen molar-refractivity contribution < 1.29 is 9.21 Å². The molecule has 0 bridgehead atoms. The third-order valence-corrected chi connectivity index (χ3v) is 3.31. The van der Waals surface area contributed by atoms with Crippen molar-refractivity contribution in [1.29, 1.82) is 0 Å². The SMILES string of the molecule is Cc1cnc(CNC(=O)C(Cc2ccccc2)C(N)=S)o1. The first-order valence-electron chi connectivity index (χ1n) is 6.58. The molecule has 0 aliphatic carbocycles. The topological polar surface area (TPSA) is 81.2 Å². The van der Waals surface area contributed by atoms with Crippen molar-refractivity contribution in [2.24, 2.45) is 11.7 Å². The molecule has 1 aromatic carbocycles. The summed E-state index contributed by atoms with van der Waals surface area (Å²) in [6.45, 7) is 2.02. The molecule has 1 amide bonds. The average Bonchev–Trinajstić information content (AvgIpc) is 2.89. The van der Waals surface area contributed by atoms with E-state index in [0.717, 1.165) is 5.56 Å². The van der Waals surface area contributed by atoms with Crippen LogP contribution >= 0.6 is 12.2 Å². The first-order valence-corrected chi connectivity index (χ1v) is 6.99. The fraction of sp³-hybridized carbons (Fsp3) is 0.267. The molecule has 1 aromatic heterocycles. The van der Waals surface area contributed by atoms with E-state index in [0.29, 0.717) is 18.1 Å². The van der Waals surface area contributed by atoms with E-state index < -0.39 is 5.92 Å². The number of rotatable bonds is 6. The van der Waals surface area contributed by atoms with Crippen LogP contribution in [0, 0.1) is 12.8 Å². The van der Waals surface area contributed by atoms with Crippen LogP contribution in [0.5, 0.6) is 0 Å². The molecular formula is C15H17N3O2S. The molecular weight excluding hydrogens is 286 g/mol. The summed E-state index contributed by atoms with van der Waals surface area (Å²) in [5.41, 5.74) is 6.70. The monoisotopic (exact) mass is 303 g/mol. The van der Waals surface area contributed by atoms with Crippen LogP contribution in [0.1, 0.15) is 17.2 Å². The van der Waals surface area contributed by atoms with Crippen LogP contribution in [0.4, 0.5) is 0 Å². The average molecular weight is 303 g/mol. The molecule has 0 radical (unpaired) electrons. The van der Waals surface area contributed by atoms with Gasteiger partial charge in [0.25, 0.3) is 0 Å². The molecule has 1 unspecified atom stereocenters. The normalized spacial score (nSPS) is 11.9. The lowest BCUT2D eigenvalue weighted by Gasteiger charge is -2.15. The third kappa shape index (κ3) is 4.39. The van der Waals surface area contributed by atoms with Gasteiger partial charge in [0.05, 0.1) is 23.6 Å². The van der Waals surface area contributed by atoms with Crippen molar-refractivity contribution in [1.82, 2.24) is 10.3 Å². The summed E-state index contributed by atoms with van der Waals surface area (Å²) in [5.74, 6) is 0.400. The fourth-order valence-corrected chi connectivity index (χ4v) is 2.13. The molecule has 2 rings (SSSR count). The van der Waals surface area contributed by atoms with E-state index in [1.54, 1.807) is 13.1 Å². The number of thiocarbonyl (C=S) groups is 1. The number of carbonyl (C=O) groups excluding carboxylic acids is 1. The number of aromatic nitrogens is 1. The zero-order chi connectivity index (χ0) is 15.2. The van der Waals surface area contributed by atoms with E-state index >= 15 is 0 Å². The Bertz CT molecular complexity index is 625. The summed E-state index contributed by atoms with van der Waals surface area (Å²) in [6.07, 6.45) is 2.09. The number of carbonyl (C=O) groups is 1. The summed E-state index contributed by atoms with van der Waals surface area (Å²) in [5, 5.41) is 2.75. The van der Waals surface area contributed by atoms with Crippen LogP contribution in [0.3, 0.4) is 0 Å². The Kier molecular flexibility index (Phi) is 5.05. The third-order valence-electron chi connectivity index (χ3n) is 3.03. The Morgan fingerprint density at radius 3 is 2.71 bits per heavy atom. The molecule has 3 N–H and O–H groups in total. The quantitative estimate of drug-likeness (QED) is 0.795. The second-order valence-corrected chi connectivity index (χ2v) is 5.20. The summed E-state index contributed by atoms with van der Waals surface area (Å²) >= 11 is 5.01. The second kappa shape index (κ2) is 6.99. The minimum Gasteiger partial charge on any atom is -0.444 e. The minimum atomic E-state index is -0.543. The van der Waals surface area contributed by atoms with Gasteiger partial charge in [-0.05, 0) is 18.9 Å². The van der Waals surface area contributed by atoms with Gasteiger partial charge < -0.3 is 15.5 Å². The van der Waals surface area contributed by atoms with Crippen LogP contribution < -0.4 is 11.1 Å². The molecule has 2 aromatic rings. The van der Waals surface area contributed by atoms with Crippen molar-refractivity contribution in [3.63, 3.8) is 0 Å². The van der Waals surface area contributed by atoms with Crippen molar-refractivity contribution >= 4 is 23.1 Å². The predicted molar refractivity (Wildman–Crippen MR) is 83.5 cm³/mol. The summed E-state index contributed by atoms with van der Waals surface area (Å²) in [4.78, 5) is 16.4. The van der Waals surface area contributed by atoms with Crippen molar-refractivity contribution in [3.8, 4) is 0 Å². The number of amides is 1. The van der Waals surface area contributed by atoms with Crippen LogP contribution in [0.2, 0.25) is 0 Å². The van der Waals surface area contributed by atoms with E-state index in [2.05, 4.69) is 10.3 Å². The highest BCUT2D eigenvalue weighted by Crippen LogP contribution is 2.10. The lowest BCUT2D eigenvalue weighted by molar-refractivity contribution is -0.123. The molecule has 1 heterocycles. The first-order chi connectivity index (χ1) is 10.1. The minimum absolute atomic E-state index is 0.180. The molecule has 6 heteroatoms. The highest BCUT2D eigenvalue weighted by Gasteiger charge is 2.22. The Balaban J connectivity index is 1.97. The largest absolute Gasteiger partial charge is 0.444 e. The molecule has 110 valence electrons. The fourth-order valence-electron chi connectivity index (χ4n) is 1.94. The highest BCUT2D eigenvalue weighted by atomic mass is 32.1. The van der Waals surface area contributed by atoms with Gasteiger partial charge in [0, 0.05) is 0 Å². The van der Waals surface area contributed by atoms with Gasteiger partial charge in [-0.3, -0.25) is 4.79 Å². The number of oxazole rings is 1. The molecule has 5 nitrogen and oxygen atoms in total. The van der Waals surface area contributed by atoms with Crippen molar-refractivity contribution in [3.05, 3.63) is 53.7 Å². The maximum atomic E-state index is 12.2. The molecule has 0 saturated carbocycles. The highest BCUT2D eigenvalue weighted by molar-refractivity contribution is 7.80. The van der Waals surface area contributed by atoms with Crippen LogP contribution in [0.15, 0.2) is 40.9 Å². The lowest BCUT2D eigenvalue weighted by atomic mass is 9.98. The van der Waals surface area contributed by atoms with Gasteiger partial charge >= 0.3 is 0 Å². The Labute approximate surface area is 128 Å². The van der Waals surface area contributed by atoms with Gasteiger partial charge in [-0.25, -0.2) is 4.98 Å². The van der Waals surface area contributed by atoms with E-state index in [1.807, 2.05) is 30.3 Å². The summed E-state index contributed by atoms with van der Waals surface area (Å²) < 4.78 is 5.30. The first kappa shape index (κ1) is 15.2. The van der Waals surface area contributed by atoms with Gasteiger partial charge in [-0.1, -0.05) is 42.5 Å². The van der Waals surface area contributed by atoms with E-state index in [4.69, 9.17) is 22.4 Å². The van der Waals surface area contributed by atoms with Gasteiger partial charge in [0.2, 0.25) is 11.8 Å². The van der Waals surface area contributed by atoms with Gasteiger partial charge in [0.1, 0.15) is 5.76 Å². The zero-order valence-corrected chi connectivity index (χ0v) is 12.5. The standard InChI is InChI=1S/C15H17N3O2S/c1-10-8-17-13(20-10)9-18-15(19)12(14(16)21)7-11-5-3-2-4-6-11/h2-6,8,12H,7,9H2,1H3,(H2,16,21)(H,18,19). The van der Waals surface area contributed by atoms with E-state index in [1.165, 1.54) is 0 Å². The molecule has 0 spiro atoms. The zero-order valence-electron chi connectivity index (χ0n) is 11.7.